The molecule has 0 saturated carbocycles. The maximum Gasteiger partial charge on any atom is 0.306 e. The molecule has 0 unspecified atom stereocenters. The fourth-order valence-electron chi connectivity index (χ4n) is 3.58. The summed E-state index contributed by atoms with van der Waals surface area (Å²) >= 11 is 0. The topological polar surface area (TPSA) is 86.7 Å². The summed E-state index contributed by atoms with van der Waals surface area (Å²) < 4.78 is 0. The van der Waals surface area contributed by atoms with Crippen molar-refractivity contribution in [2.24, 2.45) is 5.92 Å². The Kier molecular flexibility index (Phi) is 6.32. The Morgan fingerprint density at radius 2 is 1.69 bits per heavy atom. The predicted molar refractivity (Wildman–Crippen MR) is 111 cm³/mol. The Balaban J connectivity index is 1.57. The Hall–Kier alpha value is -3.15. The molecule has 2 N–H and O–H groups in total. The molecule has 1 fully saturated rings. The van der Waals surface area contributed by atoms with E-state index in [-0.39, 0.29) is 17.7 Å². The number of carboxylic acid groups (broad SMARTS) is 1. The first-order chi connectivity index (χ1) is 13.8. The maximum atomic E-state index is 12.6. The van der Waals surface area contributed by atoms with Gasteiger partial charge < -0.3 is 15.3 Å². The largest absolute Gasteiger partial charge is 0.481 e. The number of anilines is 1. The van der Waals surface area contributed by atoms with Gasteiger partial charge in [-0.25, -0.2) is 0 Å². The molecule has 2 aromatic carbocycles. The van der Waals surface area contributed by atoms with Crippen LogP contribution in [0.2, 0.25) is 0 Å². The maximum absolute atomic E-state index is 12.6. The van der Waals surface area contributed by atoms with Crippen molar-refractivity contribution in [3.05, 3.63) is 64.7 Å². The van der Waals surface area contributed by atoms with Gasteiger partial charge in [0, 0.05) is 24.3 Å². The lowest BCUT2D eigenvalue weighted by Crippen LogP contribution is -2.40. The molecule has 0 radical (unpaired) electrons. The summed E-state index contributed by atoms with van der Waals surface area (Å²) in [5.41, 5.74) is 4.37. The number of nitrogens with one attached hydrogen (secondary N) is 1. The van der Waals surface area contributed by atoms with Crippen LogP contribution in [0.15, 0.2) is 42.5 Å². The normalized spacial score (nSPS) is 14.5. The van der Waals surface area contributed by atoms with Crippen molar-refractivity contribution in [3.63, 3.8) is 0 Å². The van der Waals surface area contributed by atoms with E-state index in [2.05, 4.69) is 5.32 Å². The van der Waals surface area contributed by atoms with E-state index in [4.69, 9.17) is 5.11 Å². The number of likely N-dealkylation sites (tertiary alicyclic amines) is 1. The van der Waals surface area contributed by atoms with E-state index in [1.54, 1.807) is 29.2 Å². The SMILES string of the molecule is Cc1ccc(C)c(CC(=O)Nc2ccc(C(=O)N3CCC(C(=O)O)CC3)cc2)c1. The summed E-state index contributed by atoms with van der Waals surface area (Å²) in [7, 11) is 0. The number of amides is 2. The van der Waals surface area contributed by atoms with Crippen LogP contribution in [0.3, 0.4) is 0 Å². The van der Waals surface area contributed by atoms with E-state index < -0.39 is 5.97 Å². The van der Waals surface area contributed by atoms with Gasteiger partial charge in [0.05, 0.1) is 12.3 Å². The van der Waals surface area contributed by atoms with Crippen molar-refractivity contribution in [3.8, 4) is 0 Å². The molecule has 6 heteroatoms. The van der Waals surface area contributed by atoms with Crippen LogP contribution in [0.5, 0.6) is 0 Å². The molecule has 0 atom stereocenters. The van der Waals surface area contributed by atoms with Gasteiger partial charge in [-0.1, -0.05) is 23.8 Å². The standard InChI is InChI=1S/C23H26N2O4/c1-15-3-4-16(2)19(13-15)14-21(26)24-20-7-5-17(6-8-20)22(27)25-11-9-18(10-12-25)23(28)29/h3-8,13,18H,9-12,14H2,1-2H3,(H,24,26)(H,28,29). The van der Waals surface area contributed by atoms with Crippen LogP contribution >= 0.6 is 0 Å². The van der Waals surface area contributed by atoms with Crippen molar-refractivity contribution in [2.45, 2.75) is 33.1 Å². The van der Waals surface area contributed by atoms with E-state index in [0.717, 1.165) is 16.7 Å². The lowest BCUT2D eigenvalue weighted by Gasteiger charge is -2.30. The van der Waals surface area contributed by atoms with Gasteiger partial charge in [-0.15, -0.1) is 0 Å². The molecule has 1 aliphatic heterocycles. The van der Waals surface area contributed by atoms with Gasteiger partial charge in [0.25, 0.3) is 5.91 Å². The molecule has 2 amide bonds. The predicted octanol–water partition coefficient (Wildman–Crippen LogP) is 3.42. The number of nitrogens with zero attached hydrogens (tertiary/aromatic N) is 1. The van der Waals surface area contributed by atoms with Gasteiger partial charge in [0.2, 0.25) is 5.91 Å². The van der Waals surface area contributed by atoms with Gasteiger partial charge >= 0.3 is 5.97 Å². The zero-order chi connectivity index (χ0) is 21.0. The molecular weight excluding hydrogens is 368 g/mol. The number of rotatable bonds is 5. The van der Waals surface area contributed by atoms with Crippen molar-refractivity contribution in [1.82, 2.24) is 4.90 Å². The third kappa shape index (κ3) is 5.22. The minimum Gasteiger partial charge on any atom is -0.481 e. The van der Waals surface area contributed by atoms with Gasteiger partial charge in [-0.3, -0.25) is 14.4 Å². The van der Waals surface area contributed by atoms with Gasteiger partial charge in [-0.05, 0) is 62.1 Å². The molecule has 152 valence electrons. The Morgan fingerprint density at radius 1 is 1.03 bits per heavy atom. The number of hydrogen-bond donors (Lipinski definition) is 2. The molecule has 1 saturated heterocycles. The van der Waals surface area contributed by atoms with Crippen LogP contribution in [0.25, 0.3) is 0 Å². The first-order valence-corrected chi connectivity index (χ1v) is 9.81. The van der Waals surface area contributed by atoms with Crippen LogP contribution < -0.4 is 5.32 Å². The average Bonchev–Trinajstić information content (AvgIpc) is 2.71. The molecule has 0 aromatic heterocycles. The lowest BCUT2D eigenvalue weighted by molar-refractivity contribution is -0.143. The van der Waals surface area contributed by atoms with Crippen LogP contribution in [0.4, 0.5) is 5.69 Å². The highest BCUT2D eigenvalue weighted by Gasteiger charge is 2.27. The second kappa shape index (κ2) is 8.90. The van der Waals surface area contributed by atoms with E-state index in [9.17, 15) is 14.4 Å². The summed E-state index contributed by atoms with van der Waals surface area (Å²) in [5.74, 6) is -1.37. The summed E-state index contributed by atoms with van der Waals surface area (Å²) in [6.45, 7) is 4.89. The zero-order valence-electron chi connectivity index (χ0n) is 16.8. The van der Waals surface area contributed by atoms with Crippen molar-refractivity contribution < 1.29 is 19.5 Å². The van der Waals surface area contributed by atoms with E-state index in [1.165, 1.54) is 0 Å². The third-order valence-electron chi connectivity index (χ3n) is 5.40. The number of carbonyl (C=O) groups excluding carboxylic acids is 2. The molecule has 3 rings (SSSR count). The molecule has 0 aliphatic carbocycles. The van der Waals surface area contributed by atoms with E-state index in [1.807, 2.05) is 32.0 Å². The number of aryl methyl sites for hydroxylation is 2. The Labute approximate surface area is 170 Å². The first-order valence-electron chi connectivity index (χ1n) is 9.81. The van der Waals surface area contributed by atoms with E-state index in [0.29, 0.717) is 43.6 Å². The minimum absolute atomic E-state index is 0.103. The fraction of sp³-hybridized carbons (Fsp3) is 0.348. The van der Waals surface area contributed by atoms with Crippen molar-refractivity contribution >= 4 is 23.5 Å². The molecule has 0 bridgehead atoms. The van der Waals surface area contributed by atoms with Crippen molar-refractivity contribution in [1.29, 1.82) is 0 Å². The highest BCUT2D eigenvalue weighted by molar-refractivity contribution is 5.96. The van der Waals surface area contributed by atoms with Crippen LogP contribution in [-0.4, -0.2) is 40.9 Å². The van der Waals surface area contributed by atoms with E-state index >= 15 is 0 Å². The number of hydrogen-bond acceptors (Lipinski definition) is 3. The number of benzene rings is 2. The summed E-state index contributed by atoms with van der Waals surface area (Å²) in [5, 5.41) is 11.9. The monoisotopic (exact) mass is 394 g/mol. The number of piperidine rings is 1. The third-order valence-corrected chi connectivity index (χ3v) is 5.40. The van der Waals surface area contributed by atoms with Gasteiger partial charge in [0.1, 0.15) is 0 Å². The second-order valence-electron chi connectivity index (χ2n) is 7.64. The molecular formula is C23H26N2O4. The van der Waals surface area contributed by atoms with Gasteiger partial charge in [-0.2, -0.15) is 0 Å². The second-order valence-corrected chi connectivity index (χ2v) is 7.64. The van der Waals surface area contributed by atoms with Crippen LogP contribution in [-0.2, 0) is 16.0 Å². The quantitative estimate of drug-likeness (QED) is 0.814. The molecule has 2 aromatic rings. The molecule has 1 heterocycles. The highest BCUT2D eigenvalue weighted by atomic mass is 16.4. The van der Waals surface area contributed by atoms with Gasteiger partial charge in [0.15, 0.2) is 0 Å². The number of carbonyl (C=O) groups is 3. The Bertz CT molecular complexity index is 913. The number of aliphatic carboxylic acids is 1. The molecule has 29 heavy (non-hydrogen) atoms. The summed E-state index contributed by atoms with van der Waals surface area (Å²) in [6.07, 6.45) is 1.26. The van der Waals surface area contributed by atoms with Crippen LogP contribution in [0, 0.1) is 19.8 Å². The minimum atomic E-state index is -0.793. The lowest BCUT2D eigenvalue weighted by atomic mass is 9.96. The molecule has 6 nitrogen and oxygen atoms in total. The highest BCUT2D eigenvalue weighted by Crippen LogP contribution is 2.20. The average molecular weight is 394 g/mol. The summed E-state index contributed by atoms with van der Waals surface area (Å²) in [6, 6.07) is 12.9. The Morgan fingerprint density at radius 3 is 2.31 bits per heavy atom. The van der Waals surface area contributed by atoms with Crippen molar-refractivity contribution in [2.75, 3.05) is 18.4 Å². The van der Waals surface area contributed by atoms with Crippen LogP contribution in [0.1, 0.15) is 39.9 Å². The smallest absolute Gasteiger partial charge is 0.306 e. The molecule has 1 aliphatic rings. The summed E-state index contributed by atoms with van der Waals surface area (Å²) in [4.78, 5) is 37.7. The zero-order valence-corrected chi connectivity index (χ0v) is 16.8. The fourth-order valence-corrected chi connectivity index (χ4v) is 3.58. The first kappa shape index (κ1) is 20.6. The number of carboxylic acids is 1. The molecule has 0 spiro atoms.